The van der Waals surface area contributed by atoms with Crippen molar-refractivity contribution in [2.24, 2.45) is 0 Å². The Balaban J connectivity index is 1.72. The highest BCUT2D eigenvalue weighted by Crippen LogP contribution is 2.29. The molecule has 2 aromatic rings. The standard InChI is InChI=1S/C19H20ClN3O6S/c1-2-29-18-8-3-14(13-17(18)23(25)26)19(24)21-9-11-22(12-10-21)30(27,28)16-6-4-15(20)5-7-16/h3-8,13H,2,9-12H2,1H3. The number of carbonyl (C=O) groups excluding carboxylic acids is 1. The van der Waals surface area contributed by atoms with Crippen LogP contribution in [0.1, 0.15) is 17.3 Å². The third-order valence-corrected chi connectivity index (χ3v) is 6.84. The summed E-state index contributed by atoms with van der Waals surface area (Å²) in [6, 6.07) is 9.94. The summed E-state index contributed by atoms with van der Waals surface area (Å²) in [5, 5.41) is 11.7. The van der Waals surface area contributed by atoms with Gasteiger partial charge in [0.25, 0.3) is 5.91 Å². The van der Waals surface area contributed by atoms with Crippen molar-refractivity contribution in [2.75, 3.05) is 32.8 Å². The van der Waals surface area contributed by atoms with E-state index in [0.717, 1.165) is 0 Å². The van der Waals surface area contributed by atoms with Crippen LogP contribution in [-0.4, -0.2) is 61.2 Å². The number of nitrogens with zero attached hydrogens (tertiary/aromatic N) is 3. The molecule has 0 unspecified atom stereocenters. The fourth-order valence-electron chi connectivity index (χ4n) is 3.14. The van der Waals surface area contributed by atoms with Gasteiger partial charge in [-0.05, 0) is 43.3 Å². The van der Waals surface area contributed by atoms with E-state index in [0.29, 0.717) is 5.02 Å². The van der Waals surface area contributed by atoms with E-state index in [1.54, 1.807) is 6.92 Å². The van der Waals surface area contributed by atoms with Gasteiger partial charge in [0.1, 0.15) is 0 Å². The van der Waals surface area contributed by atoms with Crippen molar-refractivity contribution in [3.05, 3.63) is 63.2 Å². The third-order valence-electron chi connectivity index (χ3n) is 4.68. The zero-order valence-corrected chi connectivity index (χ0v) is 17.7. The summed E-state index contributed by atoms with van der Waals surface area (Å²) >= 11 is 5.82. The molecule has 0 spiro atoms. The molecule has 2 aromatic carbocycles. The Morgan fingerprint density at radius 1 is 1.13 bits per heavy atom. The lowest BCUT2D eigenvalue weighted by atomic mass is 10.1. The second-order valence-corrected chi connectivity index (χ2v) is 8.90. The van der Waals surface area contributed by atoms with Gasteiger partial charge in [-0.1, -0.05) is 11.6 Å². The molecule has 0 atom stereocenters. The Morgan fingerprint density at radius 2 is 1.77 bits per heavy atom. The largest absolute Gasteiger partial charge is 0.487 e. The number of hydrogen-bond acceptors (Lipinski definition) is 6. The van der Waals surface area contributed by atoms with Gasteiger partial charge in [-0.3, -0.25) is 14.9 Å². The summed E-state index contributed by atoms with van der Waals surface area (Å²) in [5.41, 5.74) is -0.134. The average Bonchev–Trinajstić information content (AvgIpc) is 2.74. The van der Waals surface area contributed by atoms with E-state index in [4.69, 9.17) is 16.3 Å². The smallest absolute Gasteiger partial charge is 0.311 e. The van der Waals surface area contributed by atoms with Crippen molar-refractivity contribution >= 4 is 33.2 Å². The number of nitro benzene ring substituents is 1. The molecule has 1 fully saturated rings. The number of sulfonamides is 1. The van der Waals surface area contributed by atoms with E-state index in [1.807, 2.05) is 0 Å². The molecular formula is C19H20ClN3O6S. The van der Waals surface area contributed by atoms with E-state index >= 15 is 0 Å². The predicted molar refractivity (Wildman–Crippen MR) is 110 cm³/mol. The molecule has 0 aromatic heterocycles. The van der Waals surface area contributed by atoms with Gasteiger partial charge in [0.15, 0.2) is 5.75 Å². The maximum absolute atomic E-state index is 12.8. The van der Waals surface area contributed by atoms with Gasteiger partial charge in [-0.15, -0.1) is 0 Å². The van der Waals surface area contributed by atoms with Crippen LogP contribution in [0.3, 0.4) is 0 Å². The Morgan fingerprint density at radius 3 is 2.33 bits per heavy atom. The molecule has 160 valence electrons. The van der Waals surface area contributed by atoms with Crippen LogP contribution in [0.15, 0.2) is 47.4 Å². The second kappa shape index (κ2) is 8.99. The van der Waals surface area contributed by atoms with E-state index in [2.05, 4.69) is 0 Å². The van der Waals surface area contributed by atoms with Gasteiger partial charge in [-0.25, -0.2) is 8.42 Å². The number of ether oxygens (including phenoxy) is 1. The van der Waals surface area contributed by atoms with Gasteiger partial charge >= 0.3 is 5.69 Å². The lowest BCUT2D eigenvalue weighted by Crippen LogP contribution is -2.50. The minimum absolute atomic E-state index is 0.0953. The number of rotatable bonds is 6. The highest BCUT2D eigenvalue weighted by atomic mass is 35.5. The van der Waals surface area contributed by atoms with E-state index < -0.39 is 20.9 Å². The van der Waals surface area contributed by atoms with E-state index in [1.165, 1.54) is 51.7 Å². The van der Waals surface area contributed by atoms with Gasteiger partial charge in [0, 0.05) is 42.8 Å². The molecule has 0 bridgehead atoms. The first kappa shape index (κ1) is 22.0. The van der Waals surface area contributed by atoms with Crippen LogP contribution in [0.2, 0.25) is 5.02 Å². The van der Waals surface area contributed by atoms with Crippen LogP contribution in [0.25, 0.3) is 0 Å². The average molecular weight is 454 g/mol. The maximum Gasteiger partial charge on any atom is 0.311 e. The van der Waals surface area contributed by atoms with Crippen molar-refractivity contribution in [1.82, 2.24) is 9.21 Å². The van der Waals surface area contributed by atoms with Crippen molar-refractivity contribution in [3.63, 3.8) is 0 Å². The van der Waals surface area contributed by atoms with Crippen LogP contribution < -0.4 is 4.74 Å². The van der Waals surface area contributed by atoms with Crippen LogP contribution in [0.5, 0.6) is 5.75 Å². The Labute approximate surface area is 179 Å². The van der Waals surface area contributed by atoms with Crippen molar-refractivity contribution in [3.8, 4) is 5.75 Å². The second-order valence-electron chi connectivity index (χ2n) is 6.52. The van der Waals surface area contributed by atoms with Crippen LogP contribution in [-0.2, 0) is 10.0 Å². The lowest BCUT2D eigenvalue weighted by molar-refractivity contribution is -0.385. The molecule has 3 rings (SSSR count). The summed E-state index contributed by atoms with van der Waals surface area (Å²) in [4.78, 5) is 25.1. The Bertz CT molecular complexity index is 1050. The zero-order valence-electron chi connectivity index (χ0n) is 16.2. The molecule has 1 amide bonds. The minimum atomic E-state index is -3.69. The quantitative estimate of drug-likeness (QED) is 0.491. The number of carbonyl (C=O) groups is 1. The summed E-state index contributed by atoms with van der Waals surface area (Å²) in [6.45, 7) is 2.56. The number of halogens is 1. The van der Waals surface area contributed by atoms with Crippen LogP contribution in [0, 0.1) is 10.1 Å². The van der Waals surface area contributed by atoms with Gasteiger partial charge in [0.2, 0.25) is 10.0 Å². The van der Waals surface area contributed by atoms with Gasteiger partial charge in [0.05, 0.1) is 16.4 Å². The predicted octanol–water partition coefficient (Wildman–Crippen LogP) is 2.79. The number of piperazine rings is 1. The first-order chi connectivity index (χ1) is 14.2. The molecule has 0 N–H and O–H groups in total. The highest BCUT2D eigenvalue weighted by molar-refractivity contribution is 7.89. The van der Waals surface area contributed by atoms with Gasteiger partial charge in [-0.2, -0.15) is 4.31 Å². The summed E-state index contributed by atoms with van der Waals surface area (Å²) in [5.74, 6) is -0.303. The molecule has 1 saturated heterocycles. The number of benzene rings is 2. The molecule has 11 heteroatoms. The molecule has 30 heavy (non-hydrogen) atoms. The maximum atomic E-state index is 12.8. The first-order valence-corrected chi connectivity index (χ1v) is 11.0. The summed E-state index contributed by atoms with van der Waals surface area (Å²) in [7, 11) is -3.69. The Kier molecular flexibility index (Phi) is 6.59. The van der Waals surface area contributed by atoms with Crippen LogP contribution in [0.4, 0.5) is 5.69 Å². The number of amides is 1. The lowest BCUT2D eigenvalue weighted by Gasteiger charge is -2.34. The van der Waals surface area contributed by atoms with Crippen molar-refractivity contribution in [1.29, 1.82) is 0 Å². The fraction of sp³-hybridized carbons (Fsp3) is 0.316. The van der Waals surface area contributed by atoms with Crippen LogP contribution >= 0.6 is 11.6 Å². The van der Waals surface area contributed by atoms with E-state index in [9.17, 15) is 23.3 Å². The zero-order chi connectivity index (χ0) is 21.9. The van der Waals surface area contributed by atoms with Crippen molar-refractivity contribution in [2.45, 2.75) is 11.8 Å². The van der Waals surface area contributed by atoms with E-state index in [-0.39, 0.29) is 54.7 Å². The highest BCUT2D eigenvalue weighted by Gasteiger charge is 2.31. The molecule has 0 saturated carbocycles. The summed E-state index contributed by atoms with van der Waals surface area (Å²) in [6.07, 6.45) is 0. The molecule has 1 heterocycles. The fourth-order valence-corrected chi connectivity index (χ4v) is 4.69. The Hall–Kier alpha value is -2.69. The third kappa shape index (κ3) is 4.55. The number of hydrogen-bond donors (Lipinski definition) is 0. The molecule has 1 aliphatic rings. The topological polar surface area (TPSA) is 110 Å². The van der Waals surface area contributed by atoms with Crippen molar-refractivity contribution < 1.29 is 22.9 Å². The summed E-state index contributed by atoms with van der Waals surface area (Å²) < 4.78 is 32.0. The first-order valence-electron chi connectivity index (χ1n) is 9.20. The molecule has 0 radical (unpaired) electrons. The minimum Gasteiger partial charge on any atom is -0.487 e. The number of nitro groups is 1. The normalized spacial score (nSPS) is 15.1. The monoisotopic (exact) mass is 453 g/mol. The van der Waals surface area contributed by atoms with Gasteiger partial charge < -0.3 is 9.64 Å². The molecule has 0 aliphatic carbocycles. The molecule has 1 aliphatic heterocycles. The molecular weight excluding hydrogens is 434 g/mol. The molecule has 9 nitrogen and oxygen atoms in total. The SMILES string of the molecule is CCOc1ccc(C(=O)N2CCN(S(=O)(=O)c3ccc(Cl)cc3)CC2)cc1[N+](=O)[O-].